The first-order chi connectivity index (χ1) is 7.24. The van der Waals surface area contributed by atoms with Gasteiger partial charge in [0, 0.05) is 0 Å². The van der Waals surface area contributed by atoms with Crippen LogP contribution in [0.3, 0.4) is 0 Å². The number of esters is 1. The summed E-state index contributed by atoms with van der Waals surface area (Å²) >= 11 is 0. The van der Waals surface area contributed by atoms with Crippen LogP contribution in [0, 0.1) is 0 Å². The molecule has 1 aromatic rings. The van der Waals surface area contributed by atoms with Crippen molar-refractivity contribution in [3.63, 3.8) is 0 Å². The highest BCUT2D eigenvalue weighted by Gasteiger charge is 2.13. The number of carbonyl (C=O) groups is 1. The molecule has 2 N–H and O–H groups in total. The second-order valence-corrected chi connectivity index (χ2v) is 3.13. The predicted octanol–water partition coefficient (Wildman–Crippen LogP) is 0.703. The average Bonchev–Trinajstić information content (AvgIpc) is 2.29. The first-order valence-corrected chi connectivity index (χ1v) is 4.69. The molecule has 0 amide bonds. The number of methoxy groups -OCH3 is 1. The Bertz CT molecular complexity index is 300. The molecule has 4 nitrogen and oxygen atoms in total. The van der Waals surface area contributed by atoms with Crippen LogP contribution in [0.15, 0.2) is 30.3 Å². The summed E-state index contributed by atoms with van der Waals surface area (Å²) in [5.74, 6) is -0.455. The van der Waals surface area contributed by atoms with Gasteiger partial charge in [-0.15, -0.1) is 0 Å². The smallest absolute Gasteiger partial charge is 0.325 e. The normalized spacial score (nSPS) is 12.1. The maximum Gasteiger partial charge on any atom is 0.325 e. The van der Waals surface area contributed by atoms with E-state index in [9.17, 15) is 4.79 Å². The van der Waals surface area contributed by atoms with Gasteiger partial charge in [0.05, 0.1) is 20.3 Å². The number of hydrogen-bond donors (Lipinski definition) is 1. The fourth-order valence-electron chi connectivity index (χ4n) is 1.10. The Morgan fingerprint density at radius 2 is 2.07 bits per heavy atom. The molecule has 15 heavy (non-hydrogen) atoms. The minimum atomic E-state index is -0.710. The molecule has 0 aliphatic carbocycles. The lowest BCUT2D eigenvalue weighted by atomic mass is 10.2. The molecule has 1 rings (SSSR count). The summed E-state index contributed by atoms with van der Waals surface area (Å²) in [5, 5.41) is 0. The van der Waals surface area contributed by atoms with E-state index in [4.69, 9.17) is 10.5 Å². The molecule has 0 saturated carbocycles. The first kappa shape index (κ1) is 11.7. The number of carbonyl (C=O) groups excluding carboxylic acids is 1. The summed E-state index contributed by atoms with van der Waals surface area (Å²) in [6.45, 7) is 0.618. The number of benzene rings is 1. The van der Waals surface area contributed by atoms with Gasteiger partial charge >= 0.3 is 5.97 Å². The number of ether oxygens (including phenoxy) is 2. The molecule has 0 saturated heterocycles. The van der Waals surface area contributed by atoms with Crippen LogP contribution in [0.1, 0.15) is 5.56 Å². The van der Waals surface area contributed by atoms with Gasteiger partial charge in [0.15, 0.2) is 0 Å². The van der Waals surface area contributed by atoms with E-state index in [0.717, 1.165) is 5.56 Å². The van der Waals surface area contributed by atoms with Gasteiger partial charge in [-0.2, -0.15) is 0 Å². The second kappa shape index (κ2) is 6.16. The maximum atomic E-state index is 10.9. The van der Waals surface area contributed by atoms with Gasteiger partial charge in [-0.1, -0.05) is 30.3 Å². The highest BCUT2D eigenvalue weighted by atomic mass is 16.5. The molecule has 0 heterocycles. The first-order valence-electron chi connectivity index (χ1n) is 4.69. The van der Waals surface area contributed by atoms with E-state index in [1.165, 1.54) is 7.11 Å². The van der Waals surface area contributed by atoms with Crippen molar-refractivity contribution in [2.45, 2.75) is 12.6 Å². The standard InChI is InChI=1S/C11H15NO3/c1-14-11(13)10(12)8-15-7-9-5-3-2-4-6-9/h2-6,10H,7-8,12H2,1H3/t10-/m1/s1. The Hall–Kier alpha value is -1.39. The van der Waals surface area contributed by atoms with Crippen molar-refractivity contribution in [3.05, 3.63) is 35.9 Å². The highest BCUT2D eigenvalue weighted by molar-refractivity contribution is 5.75. The lowest BCUT2D eigenvalue weighted by molar-refractivity contribution is -0.143. The van der Waals surface area contributed by atoms with E-state index in [-0.39, 0.29) is 6.61 Å². The molecule has 0 spiro atoms. The molecule has 0 unspecified atom stereocenters. The second-order valence-electron chi connectivity index (χ2n) is 3.13. The SMILES string of the molecule is COC(=O)[C@H](N)COCc1ccccc1. The fraction of sp³-hybridized carbons (Fsp3) is 0.364. The molecule has 0 aliphatic rings. The predicted molar refractivity (Wildman–Crippen MR) is 56.1 cm³/mol. The summed E-state index contributed by atoms with van der Waals surface area (Å²) < 4.78 is 9.75. The van der Waals surface area contributed by atoms with Gasteiger partial charge in [-0.3, -0.25) is 4.79 Å². The van der Waals surface area contributed by atoms with Crippen molar-refractivity contribution in [1.82, 2.24) is 0 Å². The zero-order valence-electron chi connectivity index (χ0n) is 8.68. The van der Waals surface area contributed by atoms with Gasteiger partial charge in [0.25, 0.3) is 0 Å². The molecule has 0 radical (unpaired) electrons. The largest absolute Gasteiger partial charge is 0.468 e. The summed E-state index contributed by atoms with van der Waals surface area (Å²) in [6.07, 6.45) is 0. The van der Waals surface area contributed by atoms with Gasteiger partial charge in [-0.25, -0.2) is 0 Å². The van der Waals surface area contributed by atoms with Crippen LogP contribution in [-0.2, 0) is 20.9 Å². The molecule has 82 valence electrons. The molecule has 1 atom stereocenters. The van der Waals surface area contributed by atoms with Gasteiger partial charge in [0.1, 0.15) is 6.04 Å². The molecule has 0 aromatic heterocycles. The van der Waals surface area contributed by atoms with E-state index in [1.807, 2.05) is 30.3 Å². The van der Waals surface area contributed by atoms with Gasteiger partial charge < -0.3 is 15.2 Å². The van der Waals surface area contributed by atoms with Gasteiger partial charge in [0.2, 0.25) is 0 Å². The third kappa shape index (κ3) is 4.10. The highest BCUT2D eigenvalue weighted by Crippen LogP contribution is 2.00. The van der Waals surface area contributed by atoms with E-state index in [1.54, 1.807) is 0 Å². The number of rotatable bonds is 5. The van der Waals surface area contributed by atoms with Crippen LogP contribution in [0.5, 0.6) is 0 Å². The minimum Gasteiger partial charge on any atom is -0.468 e. The molecular formula is C11H15NO3. The third-order valence-corrected chi connectivity index (χ3v) is 1.91. The fourth-order valence-corrected chi connectivity index (χ4v) is 1.10. The van der Waals surface area contributed by atoms with E-state index in [2.05, 4.69) is 4.74 Å². The lowest BCUT2D eigenvalue weighted by Gasteiger charge is -2.09. The van der Waals surface area contributed by atoms with Crippen molar-refractivity contribution >= 4 is 5.97 Å². The summed E-state index contributed by atoms with van der Waals surface area (Å²) in [5.41, 5.74) is 6.54. The minimum absolute atomic E-state index is 0.168. The van der Waals surface area contributed by atoms with Crippen LogP contribution >= 0.6 is 0 Å². The van der Waals surface area contributed by atoms with Crippen LogP contribution in [0.25, 0.3) is 0 Å². The molecule has 0 fully saturated rings. The third-order valence-electron chi connectivity index (χ3n) is 1.91. The van der Waals surface area contributed by atoms with E-state index >= 15 is 0 Å². The quantitative estimate of drug-likeness (QED) is 0.725. The Morgan fingerprint density at radius 1 is 1.40 bits per heavy atom. The monoisotopic (exact) mass is 209 g/mol. The van der Waals surface area contributed by atoms with Crippen LogP contribution in [-0.4, -0.2) is 25.7 Å². The summed E-state index contributed by atoms with van der Waals surface area (Å²) in [6, 6.07) is 8.98. The van der Waals surface area contributed by atoms with Crippen molar-refractivity contribution in [1.29, 1.82) is 0 Å². The van der Waals surface area contributed by atoms with Gasteiger partial charge in [-0.05, 0) is 5.56 Å². The number of hydrogen-bond acceptors (Lipinski definition) is 4. The van der Waals surface area contributed by atoms with Crippen LogP contribution < -0.4 is 5.73 Å². The molecule has 0 aliphatic heterocycles. The molecule has 0 bridgehead atoms. The Balaban J connectivity index is 2.25. The van der Waals surface area contributed by atoms with Crippen LogP contribution in [0.4, 0.5) is 0 Å². The molecular weight excluding hydrogens is 194 g/mol. The number of nitrogens with two attached hydrogens (primary N) is 1. The Labute approximate surface area is 89.0 Å². The van der Waals surface area contributed by atoms with Crippen molar-refractivity contribution < 1.29 is 14.3 Å². The Morgan fingerprint density at radius 3 is 2.67 bits per heavy atom. The lowest BCUT2D eigenvalue weighted by Crippen LogP contribution is -2.36. The Kier molecular flexibility index (Phi) is 4.80. The van der Waals surface area contributed by atoms with E-state index < -0.39 is 12.0 Å². The average molecular weight is 209 g/mol. The van der Waals surface area contributed by atoms with Crippen molar-refractivity contribution in [2.75, 3.05) is 13.7 Å². The zero-order chi connectivity index (χ0) is 11.1. The summed E-state index contributed by atoms with van der Waals surface area (Å²) in [4.78, 5) is 10.9. The maximum absolute atomic E-state index is 10.9. The van der Waals surface area contributed by atoms with Crippen molar-refractivity contribution in [3.8, 4) is 0 Å². The van der Waals surface area contributed by atoms with Crippen molar-refractivity contribution in [2.24, 2.45) is 5.73 Å². The zero-order valence-corrected chi connectivity index (χ0v) is 8.68. The molecule has 4 heteroatoms. The van der Waals surface area contributed by atoms with Crippen LogP contribution in [0.2, 0.25) is 0 Å². The molecule has 1 aromatic carbocycles. The van der Waals surface area contributed by atoms with E-state index in [0.29, 0.717) is 6.61 Å². The summed E-state index contributed by atoms with van der Waals surface area (Å²) in [7, 11) is 1.30. The topological polar surface area (TPSA) is 61.5 Å².